The van der Waals surface area contributed by atoms with Gasteiger partial charge >= 0.3 is 19.9 Å². The molecule has 0 N–H and O–H groups in total. The molecule has 3 nitrogen and oxygen atoms in total. The van der Waals surface area contributed by atoms with Crippen molar-refractivity contribution in [3.63, 3.8) is 0 Å². The van der Waals surface area contributed by atoms with Crippen LogP contribution in [0, 0.1) is 0 Å². The van der Waals surface area contributed by atoms with Gasteiger partial charge in [0, 0.05) is 0 Å². The van der Waals surface area contributed by atoms with Gasteiger partial charge in [-0.05, 0) is 31.5 Å². The summed E-state index contributed by atoms with van der Waals surface area (Å²) < 4.78 is 98.9. The largest absolute Gasteiger partial charge is 0.416 e. The molecule has 0 aliphatic carbocycles. The zero-order valence-corrected chi connectivity index (χ0v) is 13.2. The summed E-state index contributed by atoms with van der Waals surface area (Å²) in [5.41, 5.74) is -3.51. The Balaban J connectivity index is 3.33. The molecule has 0 aromatic heterocycles. The molecule has 1 rings (SSSR count). The standard InChI is InChI=1S/C13H15F6O3P/c1-3-21-23(20,22-4-2)8-9-5-6-10(12(14,15)16)7-11(9)13(17,18)19/h5-7H,3-4,8H2,1-2H3. The van der Waals surface area contributed by atoms with Crippen molar-refractivity contribution >= 4 is 7.60 Å². The van der Waals surface area contributed by atoms with E-state index in [0.717, 1.165) is 0 Å². The summed E-state index contributed by atoms with van der Waals surface area (Å²) in [6, 6.07) is 1.15. The predicted octanol–water partition coefficient (Wildman–Crippen LogP) is 5.49. The van der Waals surface area contributed by atoms with E-state index in [1.165, 1.54) is 13.8 Å². The molecule has 0 aliphatic heterocycles. The van der Waals surface area contributed by atoms with Crippen molar-refractivity contribution in [2.75, 3.05) is 13.2 Å². The summed E-state index contributed by atoms with van der Waals surface area (Å²) in [7, 11) is -3.87. The Morgan fingerprint density at radius 2 is 1.48 bits per heavy atom. The van der Waals surface area contributed by atoms with Crippen molar-refractivity contribution in [3.05, 3.63) is 34.9 Å². The van der Waals surface area contributed by atoms with Gasteiger partial charge in [0.05, 0.1) is 30.5 Å². The smallest absolute Gasteiger partial charge is 0.309 e. The highest BCUT2D eigenvalue weighted by Gasteiger charge is 2.39. The number of hydrogen-bond acceptors (Lipinski definition) is 3. The molecule has 0 amide bonds. The number of rotatable bonds is 6. The Hall–Kier alpha value is -1.05. The molecular weight excluding hydrogens is 349 g/mol. The minimum absolute atomic E-state index is 0.00242. The molecule has 0 spiro atoms. The molecule has 1 aromatic carbocycles. The minimum atomic E-state index is -5.03. The highest BCUT2D eigenvalue weighted by molar-refractivity contribution is 7.53. The van der Waals surface area contributed by atoms with Crippen LogP contribution in [0.1, 0.15) is 30.5 Å². The molecule has 10 heteroatoms. The van der Waals surface area contributed by atoms with E-state index in [2.05, 4.69) is 0 Å². The Labute approximate surface area is 129 Å². The van der Waals surface area contributed by atoms with E-state index in [1.807, 2.05) is 0 Å². The third-order valence-corrected chi connectivity index (χ3v) is 4.79. The van der Waals surface area contributed by atoms with Crippen molar-refractivity contribution in [2.24, 2.45) is 0 Å². The lowest BCUT2D eigenvalue weighted by Gasteiger charge is -2.20. The van der Waals surface area contributed by atoms with Gasteiger partial charge in [0.15, 0.2) is 0 Å². The van der Waals surface area contributed by atoms with Gasteiger partial charge in [-0.3, -0.25) is 4.57 Å². The van der Waals surface area contributed by atoms with Crippen molar-refractivity contribution < 1.29 is 40.0 Å². The van der Waals surface area contributed by atoms with Gasteiger partial charge in [0.2, 0.25) is 0 Å². The number of alkyl halides is 6. The lowest BCUT2D eigenvalue weighted by molar-refractivity contribution is -0.143. The quantitative estimate of drug-likeness (QED) is 0.495. The molecule has 0 bridgehead atoms. The monoisotopic (exact) mass is 364 g/mol. The number of halogens is 6. The Kier molecular flexibility index (Phi) is 6.29. The highest BCUT2D eigenvalue weighted by Crippen LogP contribution is 2.53. The van der Waals surface area contributed by atoms with Gasteiger partial charge in [-0.2, -0.15) is 26.3 Å². The van der Waals surface area contributed by atoms with Crippen LogP contribution in [0.2, 0.25) is 0 Å². The lowest BCUT2D eigenvalue weighted by atomic mass is 10.0. The van der Waals surface area contributed by atoms with E-state index in [-0.39, 0.29) is 19.3 Å². The highest BCUT2D eigenvalue weighted by atomic mass is 31.2. The van der Waals surface area contributed by atoms with Crippen LogP contribution in [0.15, 0.2) is 18.2 Å². The third kappa shape index (κ3) is 5.51. The fourth-order valence-corrected chi connectivity index (χ4v) is 3.62. The molecule has 0 saturated heterocycles. The zero-order chi connectivity index (χ0) is 17.9. The molecule has 0 heterocycles. The maximum atomic E-state index is 13.0. The normalized spacial score (nSPS) is 13.4. The first-order valence-corrected chi connectivity index (χ1v) is 8.31. The topological polar surface area (TPSA) is 35.5 Å². The first kappa shape index (κ1) is 20.0. The lowest BCUT2D eigenvalue weighted by Crippen LogP contribution is -2.14. The molecule has 0 radical (unpaired) electrons. The second-order valence-electron chi connectivity index (χ2n) is 4.47. The van der Waals surface area contributed by atoms with E-state index < -0.39 is 42.8 Å². The van der Waals surface area contributed by atoms with Crippen LogP contribution in [-0.2, 0) is 32.1 Å². The van der Waals surface area contributed by atoms with Crippen LogP contribution in [-0.4, -0.2) is 13.2 Å². The van der Waals surface area contributed by atoms with E-state index in [9.17, 15) is 30.9 Å². The maximum Gasteiger partial charge on any atom is 0.416 e. The fourth-order valence-electron chi connectivity index (χ4n) is 1.89. The molecule has 0 aliphatic rings. The third-order valence-electron chi connectivity index (χ3n) is 2.76. The molecule has 23 heavy (non-hydrogen) atoms. The van der Waals surface area contributed by atoms with Gasteiger partial charge in [0.25, 0.3) is 0 Å². The van der Waals surface area contributed by atoms with Crippen LogP contribution in [0.5, 0.6) is 0 Å². The second kappa shape index (κ2) is 7.23. The van der Waals surface area contributed by atoms with E-state index in [4.69, 9.17) is 9.05 Å². The van der Waals surface area contributed by atoms with Crippen LogP contribution in [0.25, 0.3) is 0 Å². The van der Waals surface area contributed by atoms with E-state index >= 15 is 0 Å². The summed E-state index contributed by atoms with van der Waals surface area (Å²) in [6.07, 6.45) is -10.7. The van der Waals surface area contributed by atoms with Crippen LogP contribution in [0.3, 0.4) is 0 Å². The Bertz CT molecular complexity index is 572. The summed E-state index contributed by atoms with van der Waals surface area (Å²) in [4.78, 5) is 0. The average Bonchev–Trinajstić information content (AvgIpc) is 2.36. The molecule has 0 fully saturated rings. The summed E-state index contributed by atoms with van der Waals surface area (Å²) >= 11 is 0. The molecular formula is C13H15F6O3P. The van der Waals surface area contributed by atoms with Gasteiger partial charge < -0.3 is 9.05 Å². The van der Waals surface area contributed by atoms with Gasteiger partial charge in [0.1, 0.15) is 0 Å². The van der Waals surface area contributed by atoms with E-state index in [0.29, 0.717) is 12.1 Å². The second-order valence-corrected chi connectivity index (χ2v) is 6.53. The molecule has 0 atom stereocenters. The first-order chi connectivity index (χ1) is 10.4. The molecule has 1 aromatic rings. The van der Waals surface area contributed by atoms with Gasteiger partial charge in [-0.25, -0.2) is 0 Å². The zero-order valence-electron chi connectivity index (χ0n) is 12.3. The fraction of sp³-hybridized carbons (Fsp3) is 0.538. The van der Waals surface area contributed by atoms with Crippen LogP contribution < -0.4 is 0 Å². The predicted molar refractivity (Wildman–Crippen MR) is 71.0 cm³/mol. The van der Waals surface area contributed by atoms with Crippen molar-refractivity contribution in [1.29, 1.82) is 0 Å². The van der Waals surface area contributed by atoms with Crippen LogP contribution >= 0.6 is 7.60 Å². The Morgan fingerprint density at radius 3 is 1.87 bits per heavy atom. The first-order valence-electron chi connectivity index (χ1n) is 6.58. The van der Waals surface area contributed by atoms with E-state index in [1.54, 1.807) is 0 Å². The number of benzene rings is 1. The van der Waals surface area contributed by atoms with Crippen molar-refractivity contribution in [1.82, 2.24) is 0 Å². The van der Waals surface area contributed by atoms with Gasteiger partial charge in [-0.15, -0.1) is 0 Å². The minimum Gasteiger partial charge on any atom is -0.309 e. The molecule has 0 saturated carbocycles. The molecule has 132 valence electrons. The average molecular weight is 364 g/mol. The van der Waals surface area contributed by atoms with Crippen LogP contribution in [0.4, 0.5) is 26.3 Å². The summed E-state index contributed by atoms with van der Waals surface area (Å²) in [5, 5.41) is 0. The Morgan fingerprint density at radius 1 is 0.957 bits per heavy atom. The number of hydrogen-bond donors (Lipinski definition) is 0. The van der Waals surface area contributed by atoms with Crippen molar-refractivity contribution in [2.45, 2.75) is 32.4 Å². The SMILES string of the molecule is CCOP(=O)(Cc1ccc(C(F)(F)F)cc1C(F)(F)F)OCC. The summed E-state index contributed by atoms with van der Waals surface area (Å²) in [5.74, 6) is 0. The van der Waals surface area contributed by atoms with Gasteiger partial charge in [-0.1, -0.05) is 6.07 Å². The summed E-state index contributed by atoms with van der Waals surface area (Å²) in [6.45, 7) is 2.81. The maximum absolute atomic E-state index is 13.0. The van der Waals surface area contributed by atoms with Crippen molar-refractivity contribution in [3.8, 4) is 0 Å². The molecule has 0 unspecified atom stereocenters.